The second-order valence-electron chi connectivity index (χ2n) is 4.04. The van der Waals surface area contributed by atoms with Crippen molar-refractivity contribution < 1.29 is 4.74 Å². The van der Waals surface area contributed by atoms with E-state index < -0.39 is 0 Å². The number of rotatable bonds is 5. The van der Waals surface area contributed by atoms with Crippen LogP contribution in [0, 0.1) is 0 Å². The SMILES string of the molecule is CC=CCCCOc1cccc2ccccc12. The second-order valence-corrected chi connectivity index (χ2v) is 4.04. The predicted molar refractivity (Wildman–Crippen MR) is 73.5 cm³/mol. The molecule has 0 saturated heterocycles. The monoisotopic (exact) mass is 226 g/mol. The molecule has 2 rings (SSSR count). The summed E-state index contributed by atoms with van der Waals surface area (Å²) in [7, 11) is 0. The molecule has 0 heterocycles. The fraction of sp³-hybridized carbons (Fsp3) is 0.250. The van der Waals surface area contributed by atoms with E-state index in [2.05, 4.69) is 42.5 Å². The van der Waals surface area contributed by atoms with E-state index >= 15 is 0 Å². The van der Waals surface area contributed by atoms with Crippen LogP contribution in [-0.2, 0) is 0 Å². The molecule has 2 aromatic rings. The Kier molecular flexibility index (Phi) is 4.20. The summed E-state index contributed by atoms with van der Waals surface area (Å²) in [6, 6.07) is 14.5. The first-order chi connectivity index (χ1) is 8.42. The molecule has 1 heteroatoms. The number of ether oxygens (including phenoxy) is 1. The molecule has 0 saturated carbocycles. The molecule has 0 aliphatic rings. The highest BCUT2D eigenvalue weighted by molar-refractivity contribution is 5.88. The maximum atomic E-state index is 5.83. The minimum Gasteiger partial charge on any atom is -0.493 e. The van der Waals surface area contributed by atoms with Crippen LogP contribution in [0.2, 0.25) is 0 Å². The largest absolute Gasteiger partial charge is 0.493 e. The van der Waals surface area contributed by atoms with E-state index in [1.165, 1.54) is 10.8 Å². The van der Waals surface area contributed by atoms with Gasteiger partial charge in [0.2, 0.25) is 0 Å². The quantitative estimate of drug-likeness (QED) is 0.536. The van der Waals surface area contributed by atoms with Crippen molar-refractivity contribution in [2.45, 2.75) is 19.8 Å². The van der Waals surface area contributed by atoms with Gasteiger partial charge in [-0.1, -0.05) is 48.6 Å². The van der Waals surface area contributed by atoms with Crippen LogP contribution in [-0.4, -0.2) is 6.61 Å². The fourth-order valence-electron chi connectivity index (χ4n) is 1.87. The van der Waals surface area contributed by atoms with Gasteiger partial charge in [0.05, 0.1) is 6.61 Å². The third kappa shape index (κ3) is 3.10. The zero-order valence-corrected chi connectivity index (χ0v) is 10.2. The van der Waals surface area contributed by atoms with Gasteiger partial charge in [0.1, 0.15) is 5.75 Å². The Morgan fingerprint density at radius 1 is 1.06 bits per heavy atom. The summed E-state index contributed by atoms with van der Waals surface area (Å²) in [6.07, 6.45) is 6.40. The van der Waals surface area contributed by atoms with Gasteiger partial charge in [-0.15, -0.1) is 0 Å². The van der Waals surface area contributed by atoms with Gasteiger partial charge in [-0.25, -0.2) is 0 Å². The summed E-state index contributed by atoms with van der Waals surface area (Å²) in [5.74, 6) is 0.989. The van der Waals surface area contributed by atoms with Crippen LogP contribution in [0.1, 0.15) is 19.8 Å². The Morgan fingerprint density at radius 3 is 2.76 bits per heavy atom. The van der Waals surface area contributed by atoms with E-state index in [9.17, 15) is 0 Å². The van der Waals surface area contributed by atoms with Crippen molar-refractivity contribution in [1.29, 1.82) is 0 Å². The molecule has 0 unspecified atom stereocenters. The third-order valence-corrected chi connectivity index (χ3v) is 2.76. The molecule has 0 aliphatic carbocycles. The normalized spacial score (nSPS) is 11.1. The Hall–Kier alpha value is -1.76. The van der Waals surface area contributed by atoms with E-state index in [1.54, 1.807) is 0 Å². The minimum absolute atomic E-state index is 0.776. The van der Waals surface area contributed by atoms with Crippen LogP contribution >= 0.6 is 0 Å². The van der Waals surface area contributed by atoms with Crippen molar-refractivity contribution in [3.63, 3.8) is 0 Å². The maximum absolute atomic E-state index is 5.83. The van der Waals surface area contributed by atoms with Gasteiger partial charge in [-0.3, -0.25) is 0 Å². The summed E-state index contributed by atoms with van der Waals surface area (Å²) < 4.78 is 5.83. The number of benzene rings is 2. The van der Waals surface area contributed by atoms with Crippen LogP contribution in [0.5, 0.6) is 5.75 Å². The van der Waals surface area contributed by atoms with Crippen LogP contribution in [0.3, 0.4) is 0 Å². The maximum Gasteiger partial charge on any atom is 0.127 e. The minimum atomic E-state index is 0.776. The Balaban J connectivity index is 2.03. The molecule has 1 nitrogen and oxygen atoms in total. The highest BCUT2D eigenvalue weighted by Crippen LogP contribution is 2.25. The van der Waals surface area contributed by atoms with Crippen molar-refractivity contribution in [2.75, 3.05) is 6.61 Å². The van der Waals surface area contributed by atoms with E-state index in [4.69, 9.17) is 4.74 Å². The summed E-state index contributed by atoms with van der Waals surface area (Å²) in [4.78, 5) is 0. The molecule has 0 aromatic heterocycles. The molecule has 88 valence electrons. The van der Waals surface area contributed by atoms with Gasteiger partial charge in [-0.05, 0) is 31.2 Å². The standard InChI is InChI=1S/C16H18O/c1-2-3-4-7-13-17-16-12-8-10-14-9-5-6-11-15(14)16/h2-3,5-6,8-12H,4,7,13H2,1H3. The van der Waals surface area contributed by atoms with Crippen molar-refractivity contribution in [3.05, 3.63) is 54.6 Å². The molecule has 0 spiro atoms. The van der Waals surface area contributed by atoms with Crippen molar-refractivity contribution in [1.82, 2.24) is 0 Å². The average molecular weight is 226 g/mol. The van der Waals surface area contributed by atoms with E-state index in [0.717, 1.165) is 25.2 Å². The second kappa shape index (κ2) is 6.09. The highest BCUT2D eigenvalue weighted by Gasteiger charge is 1.99. The van der Waals surface area contributed by atoms with Crippen molar-refractivity contribution in [3.8, 4) is 5.75 Å². The smallest absolute Gasteiger partial charge is 0.127 e. The molecule has 2 aromatic carbocycles. The lowest BCUT2D eigenvalue weighted by Crippen LogP contribution is -1.97. The number of hydrogen-bond donors (Lipinski definition) is 0. The number of hydrogen-bond acceptors (Lipinski definition) is 1. The van der Waals surface area contributed by atoms with Crippen LogP contribution in [0.4, 0.5) is 0 Å². The van der Waals surface area contributed by atoms with Gasteiger partial charge in [0, 0.05) is 5.39 Å². The molecule has 0 atom stereocenters. The van der Waals surface area contributed by atoms with Crippen molar-refractivity contribution >= 4 is 10.8 Å². The Bertz CT molecular complexity index is 494. The molecule has 0 aliphatic heterocycles. The Morgan fingerprint density at radius 2 is 1.88 bits per heavy atom. The van der Waals surface area contributed by atoms with E-state index in [1.807, 2.05) is 19.1 Å². The van der Waals surface area contributed by atoms with Gasteiger partial charge >= 0.3 is 0 Å². The lowest BCUT2D eigenvalue weighted by atomic mass is 10.1. The van der Waals surface area contributed by atoms with E-state index in [-0.39, 0.29) is 0 Å². The molecule has 0 N–H and O–H groups in total. The Labute approximate surface area is 103 Å². The molecular formula is C16H18O. The lowest BCUT2D eigenvalue weighted by Gasteiger charge is -2.08. The molecule has 0 radical (unpaired) electrons. The first-order valence-corrected chi connectivity index (χ1v) is 6.13. The third-order valence-electron chi connectivity index (χ3n) is 2.76. The first kappa shape index (κ1) is 11.7. The van der Waals surface area contributed by atoms with E-state index in [0.29, 0.717) is 0 Å². The highest BCUT2D eigenvalue weighted by atomic mass is 16.5. The van der Waals surface area contributed by atoms with Crippen LogP contribution in [0.25, 0.3) is 10.8 Å². The van der Waals surface area contributed by atoms with Gasteiger partial charge < -0.3 is 4.74 Å². The predicted octanol–water partition coefficient (Wildman–Crippen LogP) is 4.57. The van der Waals surface area contributed by atoms with Gasteiger partial charge in [0.15, 0.2) is 0 Å². The van der Waals surface area contributed by atoms with Crippen LogP contribution in [0.15, 0.2) is 54.6 Å². The molecular weight excluding hydrogens is 208 g/mol. The zero-order chi connectivity index (χ0) is 11.9. The average Bonchev–Trinajstić information content (AvgIpc) is 2.39. The number of fused-ring (bicyclic) bond motifs is 1. The molecule has 0 fully saturated rings. The first-order valence-electron chi connectivity index (χ1n) is 6.13. The lowest BCUT2D eigenvalue weighted by molar-refractivity contribution is 0.316. The summed E-state index contributed by atoms with van der Waals surface area (Å²) in [6.45, 7) is 2.82. The topological polar surface area (TPSA) is 9.23 Å². The molecule has 0 amide bonds. The van der Waals surface area contributed by atoms with Crippen molar-refractivity contribution in [2.24, 2.45) is 0 Å². The van der Waals surface area contributed by atoms with Gasteiger partial charge in [-0.2, -0.15) is 0 Å². The molecule has 17 heavy (non-hydrogen) atoms. The van der Waals surface area contributed by atoms with Crippen LogP contribution < -0.4 is 4.74 Å². The summed E-state index contributed by atoms with van der Waals surface area (Å²) in [5.41, 5.74) is 0. The summed E-state index contributed by atoms with van der Waals surface area (Å²) in [5, 5.41) is 2.43. The zero-order valence-electron chi connectivity index (χ0n) is 10.2. The summed E-state index contributed by atoms with van der Waals surface area (Å²) >= 11 is 0. The molecule has 0 bridgehead atoms. The van der Waals surface area contributed by atoms with Gasteiger partial charge in [0.25, 0.3) is 0 Å². The fourth-order valence-corrected chi connectivity index (χ4v) is 1.87. The number of allylic oxidation sites excluding steroid dienone is 2. The number of unbranched alkanes of at least 4 members (excludes halogenated alkanes) is 1.